The van der Waals surface area contributed by atoms with Crippen LogP contribution in [0.5, 0.6) is 5.75 Å². The highest BCUT2D eigenvalue weighted by Crippen LogP contribution is 2.29. The van der Waals surface area contributed by atoms with Crippen LogP contribution in [0, 0.1) is 0 Å². The van der Waals surface area contributed by atoms with Gasteiger partial charge in [0.15, 0.2) is 0 Å². The maximum Gasteiger partial charge on any atom is 0.310 e. The molecule has 3 heterocycles. The predicted octanol–water partition coefficient (Wildman–Crippen LogP) is 1.16. The molecule has 1 N–H and O–H groups in total. The van der Waals surface area contributed by atoms with E-state index in [9.17, 15) is 9.90 Å². The van der Waals surface area contributed by atoms with Crippen LogP contribution in [-0.2, 0) is 23.0 Å². The average molecular weight is 286 g/mol. The van der Waals surface area contributed by atoms with Crippen molar-refractivity contribution in [1.82, 2.24) is 19.4 Å². The molecule has 0 radical (unpaired) electrons. The molecular weight excluding hydrogens is 272 g/mol. The molecule has 0 unspecified atom stereocenters. The number of aryl methyl sites for hydroxylation is 1. The molecule has 3 aromatic heterocycles. The van der Waals surface area contributed by atoms with Gasteiger partial charge in [-0.15, -0.1) is 0 Å². The molecule has 21 heavy (non-hydrogen) atoms. The SMILES string of the molecule is COC(=O)Cc1cnn2cc(-c3cnn(C)c3)cc(O)c12. The Morgan fingerprint density at radius 1 is 1.29 bits per heavy atom. The van der Waals surface area contributed by atoms with Crippen molar-refractivity contribution >= 4 is 11.5 Å². The summed E-state index contributed by atoms with van der Waals surface area (Å²) in [5, 5.41) is 18.5. The molecule has 0 atom stereocenters. The summed E-state index contributed by atoms with van der Waals surface area (Å²) in [6, 6.07) is 1.63. The second kappa shape index (κ2) is 4.93. The Morgan fingerprint density at radius 2 is 2.10 bits per heavy atom. The lowest BCUT2D eigenvalue weighted by atomic mass is 10.1. The summed E-state index contributed by atoms with van der Waals surface area (Å²) >= 11 is 0. The van der Waals surface area contributed by atoms with Crippen molar-refractivity contribution in [3.63, 3.8) is 0 Å². The average Bonchev–Trinajstić information content (AvgIpc) is 3.05. The molecule has 3 aromatic rings. The van der Waals surface area contributed by atoms with Crippen LogP contribution in [0.1, 0.15) is 5.56 Å². The second-order valence-corrected chi connectivity index (χ2v) is 4.73. The van der Waals surface area contributed by atoms with Crippen LogP contribution in [0.25, 0.3) is 16.6 Å². The van der Waals surface area contributed by atoms with Crippen molar-refractivity contribution in [2.45, 2.75) is 6.42 Å². The topological polar surface area (TPSA) is 81.6 Å². The van der Waals surface area contributed by atoms with Gasteiger partial charge in [-0.1, -0.05) is 0 Å². The fourth-order valence-corrected chi connectivity index (χ4v) is 2.25. The predicted molar refractivity (Wildman–Crippen MR) is 74.8 cm³/mol. The minimum atomic E-state index is -0.374. The van der Waals surface area contributed by atoms with Gasteiger partial charge >= 0.3 is 5.97 Å². The van der Waals surface area contributed by atoms with Gasteiger partial charge in [0.1, 0.15) is 11.3 Å². The van der Waals surface area contributed by atoms with E-state index in [-0.39, 0.29) is 18.1 Å². The number of pyridine rings is 1. The van der Waals surface area contributed by atoms with Gasteiger partial charge in [-0.3, -0.25) is 9.48 Å². The fraction of sp³-hybridized carbons (Fsp3) is 0.214. The van der Waals surface area contributed by atoms with Crippen LogP contribution in [0.15, 0.2) is 30.9 Å². The summed E-state index contributed by atoms with van der Waals surface area (Å²) < 4.78 is 7.87. The number of aromatic hydroxyl groups is 1. The number of nitrogens with zero attached hydrogens (tertiary/aromatic N) is 4. The summed E-state index contributed by atoms with van der Waals surface area (Å²) in [5.74, 6) is -0.312. The number of rotatable bonds is 3. The maximum atomic E-state index is 11.4. The van der Waals surface area contributed by atoms with Gasteiger partial charge in [0, 0.05) is 36.1 Å². The molecule has 0 aromatic carbocycles. The smallest absolute Gasteiger partial charge is 0.310 e. The Labute approximate surface area is 120 Å². The van der Waals surface area contributed by atoms with Crippen molar-refractivity contribution in [1.29, 1.82) is 0 Å². The number of aromatic nitrogens is 4. The van der Waals surface area contributed by atoms with Gasteiger partial charge < -0.3 is 9.84 Å². The summed E-state index contributed by atoms with van der Waals surface area (Å²) in [6.07, 6.45) is 6.96. The lowest BCUT2D eigenvalue weighted by molar-refractivity contribution is -0.139. The van der Waals surface area contributed by atoms with Gasteiger partial charge in [-0.25, -0.2) is 4.52 Å². The van der Waals surface area contributed by atoms with E-state index in [0.717, 1.165) is 11.1 Å². The first kappa shape index (κ1) is 13.2. The van der Waals surface area contributed by atoms with E-state index >= 15 is 0 Å². The second-order valence-electron chi connectivity index (χ2n) is 4.73. The molecule has 108 valence electrons. The number of hydrogen-bond acceptors (Lipinski definition) is 5. The van der Waals surface area contributed by atoms with Gasteiger partial charge in [0.25, 0.3) is 0 Å². The first-order valence-corrected chi connectivity index (χ1v) is 6.33. The lowest BCUT2D eigenvalue weighted by Crippen LogP contribution is -2.04. The Balaban J connectivity index is 2.08. The number of carbonyl (C=O) groups excluding carboxylic acids is 1. The highest BCUT2D eigenvalue weighted by molar-refractivity contribution is 5.79. The molecule has 0 saturated carbocycles. The van der Waals surface area contributed by atoms with Crippen molar-refractivity contribution in [3.8, 4) is 16.9 Å². The van der Waals surface area contributed by atoms with Crippen LogP contribution in [0.2, 0.25) is 0 Å². The Kier molecular flexibility index (Phi) is 3.09. The molecule has 0 spiro atoms. The Bertz CT molecular complexity index is 819. The lowest BCUT2D eigenvalue weighted by Gasteiger charge is -2.04. The van der Waals surface area contributed by atoms with E-state index in [2.05, 4.69) is 14.9 Å². The van der Waals surface area contributed by atoms with Gasteiger partial charge in [-0.05, 0) is 6.07 Å². The first-order chi connectivity index (χ1) is 10.1. The van der Waals surface area contributed by atoms with E-state index in [1.807, 2.05) is 13.2 Å². The molecule has 0 aliphatic rings. The third-order valence-corrected chi connectivity index (χ3v) is 3.27. The number of methoxy groups -OCH3 is 1. The minimum Gasteiger partial charge on any atom is -0.506 e. The highest BCUT2D eigenvalue weighted by atomic mass is 16.5. The first-order valence-electron chi connectivity index (χ1n) is 6.33. The van der Waals surface area contributed by atoms with Crippen molar-refractivity contribution in [3.05, 3.63) is 36.4 Å². The molecular formula is C14H14N4O3. The molecule has 0 saturated heterocycles. The molecule has 0 aliphatic carbocycles. The molecule has 0 amide bonds. The summed E-state index contributed by atoms with van der Waals surface area (Å²) in [7, 11) is 3.15. The van der Waals surface area contributed by atoms with Crippen molar-refractivity contribution in [2.24, 2.45) is 7.05 Å². The molecule has 0 aliphatic heterocycles. The van der Waals surface area contributed by atoms with Gasteiger partial charge in [-0.2, -0.15) is 10.2 Å². The van der Waals surface area contributed by atoms with Crippen molar-refractivity contribution < 1.29 is 14.6 Å². The van der Waals surface area contributed by atoms with E-state index in [1.54, 1.807) is 33.9 Å². The van der Waals surface area contributed by atoms with Gasteiger partial charge in [0.05, 0.1) is 25.9 Å². The number of ether oxygens (including phenoxy) is 1. The van der Waals surface area contributed by atoms with Crippen molar-refractivity contribution in [2.75, 3.05) is 7.11 Å². The monoisotopic (exact) mass is 286 g/mol. The van der Waals surface area contributed by atoms with Crippen LogP contribution >= 0.6 is 0 Å². The summed E-state index contributed by atoms with van der Waals surface area (Å²) in [6.45, 7) is 0. The van der Waals surface area contributed by atoms with Crippen LogP contribution in [0.4, 0.5) is 0 Å². The molecule has 3 rings (SSSR count). The zero-order valence-electron chi connectivity index (χ0n) is 11.6. The Morgan fingerprint density at radius 3 is 2.76 bits per heavy atom. The molecule has 7 nitrogen and oxygen atoms in total. The van der Waals surface area contributed by atoms with Crippen LogP contribution in [-0.4, -0.2) is 37.6 Å². The van der Waals surface area contributed by atoms with Crippen LogP contribution < -0.4 is 0 Å². The number of carbonyl (C=O) groups is 1. The van der Waals surface area contributed by atoms with E-state index in [1.165, 1.54) is 7.11 Å². The minimum absolute atomic E-state index is 0.0627. The zero-order chi connectivity index (χ0) is 15.0. The van der Waals surface area contributed by atoms with Gasteiger partial charge in [0.2, 0.25) is 0 Å². The Hall–Kier alpha value is -2.83. The molecule has 0 fully saturated rings. The number of fused-ring (bicyclic) bond motifs is 1. The molecule has 0 bridgehead atoms. The largest absolute Gasteiger partial charge is 0.506 e. The van der Waals surface area contributed by atoms with Crippen LogP contribution in [0.3, 0.4) is 0 Å². The standard InChI is InChI=1S/C14H14N4O3/c1-17-7-11(6-15-17)10-3-12(19)14-9(4-13(20)21-2)5-16-18(14)8-10/h3,5-8,19H,4H2,1-2H3. The maximum absolute atomic E-state index is 11.4. The summed E-state index contributed by atoms with van der Waals surface area (Å²) in [5.41, 5.74) is 2.80. The summed E-state index contributed by atoms with van der Waals surface area (Å²) in [4.78, 5) is 11.4. The van der Waals surface area contributed by atoms with E-state index < -0.39 is 0 Å². The quantitative estimate of drug-likeness (QED) is 0.731. The number of hydrogen-bond donors (Lipinski definition) is 1. The highest BCUT2D eigenvalue weighted by Gasteiger charge is 2.14. The normalized spacial score (nSPS) is 11.0. The number of esters is 1. The zero-order valence-corrected chi connectivity index (χ0v) is 11.6. The van der Waals surface area contributed by atoms with E-state index in [0.29, 0.717) is 11.1 Å². The molecule has 7 heteroatoms. The third-order valence-electron chi connectivity index (χ3n) is 3.27. The van der Waals surface area contributed by atoms with E-state index in [4.69, 9.17) is 0 Å². The fourth-order valence-electron chi connectivity index (χ4n) is 2.25. The third kappa shape index (κ3) is 2.33.